The van der Waals surface area contributed by atoms with Crippen molar-refractivity contribution in [2.24, 2.45) is 0 Å². The highest BCUT2D eigenvalue weighted by atomic mass is 16.5. The van der Waals surface area contributed by atoms with Crippen molar-refractivity contribution >= 4 is 11.7 Å². The second-order valence-electron chi connectivity index (χ2n) is 5.58. The topological polar surface area (TPSA) is 70.6 Å². The van der Waals surface area contributed by atoms with E-state index in [1.165, 1.54) is 0 Å². The standard InChI is InChI=1S/C20H24N2O3/c1-2-13-25-19-10-6-9-18(14-19)22-20(24)21-15-17(11-12-23)16-7-4-3-5-8-16/h2-10,14,17,23H,1,11-13,15H2,(H2,21,22,24). The summed E-state index contributed by atoms with van der Waals surface area (Å²) in [6, 6.07) is 16.7. The third-order valence-electron chi connectivity index (χ3n) is 3.72. The van der Waals surface area contributed by atoms with E-state index in [9.17, 15) is 9.90 Å². The van der Waals surface area contributed by atoms with Gasteiger partial charge in [-0.05, 0) is 24.1 Å². The van der Waals surface area contributed by atoms with Crippen LogP contribution >= 0.6 is 0 Å². The number of anilines is 1. The van der Waals surface area contributed by atoms with Crippen LogP contribution in [0, 0.1) is 0 Å². The predicted octanol–water partition coefficient (Wildman–Crippen LogP) is 3.54. The van der Waals surface area contributed by atoms with E-state index < -0.39 is 0 Å². The Hall–Kier alpha value is -2.79. The molecule has 1 unspecified atom stereocenters. The third kappa shape index (κ3) is 6.31. The molecule has 0 saturated carbocycles. The van der Waals surface area contributed by atoms with E-state index >= 15 is 0 Å². The zero-order valence-electron chi connectivity index (χ0n) is 14.2. The van der Waals surface area contributed by atoms with Crippen molar-refractivity contribution in [3.63, 3.8) is 0 Å². The molecule has 3 N–H and O–H groups in total. The normalized spacial score (nSPS) is 11.4. The molecular formula is C20H24N2O3. The second kappa shape index (κ2) is 10.2. The number of benzene rings is 2. The molecule has 5 heteroatoms. The van der Waals surface area contributed by atoms with Gasteiger partial charge in [0.1, 0.15) is 12.4 Å². The van der Waals surface area contributed by atoms with Gasteiger partial charge < -0.3 is 20.5 Å². The number of aliphatic hydroxyl groups is 1. The number of ether oxygens (including phenoxy) is 1. The van der Waals surface area contributed by atoms with Gasteiger partial charge in [-0.3, -0.25) is 0 Å². The molecule has 0 aromatic heterocycles. The van der Waals surface area contributed by atoms with E-state index in [4.69, 9.17) is 4.74 Å². The number of carbonyl (C=O) groups excluding carboxylic acids is 1. The maximum Gasteiger partial charge on any atom is 0.319 e. The highest BCUT2D eigenvalue weighted by molar-refractivity contribution is 5.89. The van der Waals surface area contributed by atoms with Gasteiger partial charge in [-0.15, -0.1) is 0 Å². The van der Waals surface area contributed by atoms with Gasteiger partial charge in [0.05, 0.1) is 0 Å². The van der Waals surface area contributed by atoms with E-state index in [-0.39, 0.29) is 18.6 Å². The number of rotatable bonds is 9. The van der Waals surface area contributed by atoms with Gasteiger partial charge in [0.2, 0.25) is 0 Å². The number of carbonyl (C=O) groups is 1. The molecule has 2 aromatic carbocycles. The van der Waals surface area contributed by atoms with Crippen molar-refractivity contribution in [1.29, 1.82) is 0 Å². The van der Waals surface area contributed by atoms with Crippen LogP contribution in [-0.4, -0.2) is 30.9 Å². The minimum absolute atomic E-state index is 0.0687. The molecule has 0 heterocycles. The molecular weight excluding hydrogens is 316 g/mol. The third-order valence-corrected chi connectivity index (χ3v) is 3.72. The molecule has 0 bridgehead atoms. The van der Waals surface area contributed by atoms with Gasteiger partial charge in [-0.25, -0.2) is 4.79 Å². The first-order valence-electron chi connectivity index (χ1n) is 8.27. The van der Waals surface area contributed by atoms with Crippen LogP contribution < -0.4 is 15.4 Å². The molecule has 25 heavy (non-hydrogen) atoms. The Morgan fingerprint density at radius 1 is 1.20 bits per heavy atom. The van der Waals surface area contributed by atoms with E-state index in [1.54, 1.807) is 18.2 Å². The largest absolute Gasteiger partial charge is 0.489 e. The lowest BCUT2D eigenvalue weighted by Gasteiger charge is -2.17. The van der Waals surface area contributed by atoms with Gasteiger partial charge in [0.15, 0.2) is 0 Å². The average molecular weight is 340 g/mol. The molecule has 2 aromatic rings. The van der Waals surface area contributed by atoms with Crippen LogP contribution in [0.25, 0.3) is 0 Å². The maximum absolute atomic E-state index is 12.1. The number of aliphatic hydroxyl groups excluding tert-OH is 1. The Morgan fingerprint density at radius 3 is 2.72 bits per heavy atom. The van der Waals surface area contributed by atoms with Crippen molar-refractivity contribution in [1.82, 2.24) is 5.32 Å². The van der Waals surface area contributed by atoms with Gasteiger partial charge in [0, 0.05) is 30.8 Å². The first-order valence-corrected chi connectivity index (χ1v) is 8.27. The van der Waals surface area contributed by atoms with E-state index in [0.29, 0.717) is 31.0 Å². The van der Waals surface area contributed by atoms with Gasteiger partial charge in [-0.1, -0.05) is 49.1 Å². The molecule has 0 saturated heterocycles. The van der Waals surface area contributed by atoms with Crippen molar-refractivity contribution in [2.75, 3.05) is 25.1 Å². The lowest BCUT2D eigenvalue weighted by Crippen LogP contribution is -2.32. The van der Waals surface area contributed by atoms with Crippen LogP contribution in [0.1, 0.15) is 17.9 Å². The Morgan fingerprint density at radius 2 is 2.00 bits per heavy atom. The van der Waals surface area contributed by atoms with Crippen molar-refractivity contribution in [3.8, 4) is 5.75 Å². The molecule has 0 radical (unpaired) electrons. The van der Waals surface area contributed by atoms with Crippen molar-refractivity contribution in [2.45, 2.75) is 12.3 Å². The van der Waals surface area contributed by atoms with E-state index in [1.807, 2.05) is 42.5 Å². The smallest absolute Gasteiger partial charge is 0.319 e. The minimum atomic E-state index is -0.292. The molecule has 5 nitrogen and oxygen atoms in total. The van der Waals surface area contributed by atoms with Crippen LogP contribution in [0.4, 0.5) is 10.5 Å². The Kier molecular flexibility index (Phi) is 7.53. The van der Waals surface area contributed by atoms with Gasteiger partial charge in [0.25, 0.3) is 0 Å². The summed E-state index contributed by atoms with van der Waals surface area (Å²) >= 11 is 0. The summed E-state index contributed by atoms with van der Waals surface area (Å²) in [5.41, 5.74) is 1.74. The maximum atomic E-state index is 12.1. The minimum Gasteiger partial charge on any atom is -0.489 e. The summed E-state index contributed by atoms with van der Waals surface area (Å²) < 4.78 is 5.45. The fraction of sp³-hybridized carbons (Fsp3) is 0.250. The summed E-state index contributed by atoms with van der Waals surface area (Å²) in [6.45, 7) is 4.54. The van der Waals surface area contributed by atoms with E-state index in [0.717, 1.165) is 5.56 Å². The van der Waals surface area contributed by atoms with Crippen LogP contribution in [0.15, 0.2) is 67.3 Å². The average Bonchev–Trinajstić information content (AvgIpc) is 2.64. The number of nitrogens with one attached hydrogen (secondary N) is 2. The fourth-order valence-electron chi connectivity index (χ4n) is 2.48. The van der Waals surface area contributed by atoms with E-state index in [2.05, 4.69) is 17.2 Å². The lowest BCUT2D eigenvalue weighted by atomic mass is 9.96. The van der Waals surface area contributed by atoms with Crippen LogP contribution in [0.3, 0.4) is 0 Å². The van der Waals surface area contributed by atoms with Crippen molar-refractivity contribution in [3.05, 3.63) is 72.8 Å². The SMILES string of the molecule is C=CCOc1cccc(NC(=O)NCC(CCO)c2ccccc2)c1. The number of hydrogen-bond acceptors (Lipinski definition) is 3. The number of amides is 2. The summed E-state index contributed by atoms with van der Waals surface area (Å²) in [5.74, 6) is 0.736. The number of hydrogen-bond donors (Lipinski definition) is 3. The first kappa shape index (κ1) is 18.5. The zero-order valence-corrected chi connectivity index (χ0v) is 14.2. The Labute approximate surface area is 148 Å². The molecule has 132 valence electrons. The highest BCUT2D eigenvalue weighted by Crippen LogP contribution is 2.19. The molecule has 2 rings (SSSR count). The lowest BCUT2D eigenvalue weighted by molar-refractivity contribution is 0.248. The first-order chi connectivity index (χ1) is 12.2. The monoisotopic (exact) mass is 340 g/mol. The van der Waals surface area contributed by atoms with Crippen molar-refractivity contribution < 1.29 is 14.6 Å². The summed E-state index contributed by atoms with van der Waals surface area (Å²) in [4.78, 5) is 12.1. The second-order valence-corrected chi connectivity index (χ2v) is 5.58. The zero-order chi connectivity index (χ0) is 17.9. The highest BCUT2D eigenvalue weighted by Gasteiger charge is 2.12. The van der Waals surface area contributed by atoms with Crippen LogP contribution in [0.5, 0.6) is 5.75 Å². The molecule has 2 amide bonds. The molecule has 1 atom stereocenters. The fourth-order valence-corrected chi connectivity index (χ4v) is 2.48. The summed E-state index contributed by atoms with van der Waals surface area (Å²) in [5, 5.41) is 14.9. The van der Waals surface area contributed by atoms with Gasteiger partial charge >= 0.3 is 6.03 Å². The molecule has 0 fully saturated rings. The summed E-state index contributed by atoms with van der Waals surface area (Å²) in [7, 11) is 0. The quantitative estimate of drug-likeness (QED) is 0.612. The van der Waals surface area contributed by atoms with Crippen LogP contribution in [-0.2, 0) is 0 Å². The van der Waals surface area contributed by atoms with Crippen LogP contribution in [0.2, 0.25) is 0 Å². The Bertz CT molecular complexity index is 674. The molecule has 0 spiro atoms. The molecule has 0 aliphatic carbocycles. The predicted molar refractivity (Wildman–Crippen MR) is 100 cm³/mol. The summed E-state index contributed by atoms with van der Waals surface area (Å²) in [6.07, 6.45) is 2.26. The molecule has 0 aliphatic heterocycles. The van der Waals surface area contributed by atoms with Gasteiger partial charge in [-0.2, -0.15) is 0 Å². The Balaban J connectivity index is 1.89. The number of urea groups is 1. The molecule has 0 aliphatic rings.